The molecule has 1 aromatic rings. The van der Waals surface area contributed by atoms with E-state index in [1.54, 1.807) is 25.1 Å². The molecule has 1 rings (SSSR count). The van der Waals surface area contributed by atoms with E-state index in [1.165, 1.54) is 26.0 Å². The highest BCUT2D eigenvalue weighted by molar-refractivity contribution is 7.91. The summed E-state index contributed by atoms with van der Waals surface area (Å²) in [5.41, 5.74) is -1.74. The molecule has 138 valence electrons. The molecule has 8 nitrogen and oxygen atoms in total. The molecule has 0 fully saturated rings. The largest absolute Gasteiger partial charge is 0.465 e. The van der Waals surface area contributed by atoms with Crippen molar-refractivity contribution >= 4 is 27.6 Å². The first kappa shape index (κ1) is 20.6. The van der Waals surface area contributed by atoms with Crippen LogP contribution in [0.3, 0.4) is 0 Å². The van der Waals surface area contributed by atoms with E-state index in [4.69, 9.17) is 4.74 Å². The maximum Gasteiger partial charge on any atom is 0.325 e. The van der Waals surface area contributed by atoms with Gasteiger partial charge in [-0.3, -0.25) is 14.4 Å². The Bertz CT molecular complexity index is 732. The first-order valence-corrected chi connectivity index (χ1v) is 9.26. The van der Waals surface area contributed by atoms with Crippen molar-refractivity contribution in [2.24, 2.45) is 0 Å². The molecule has 25 heavy (non-hydrogen) atoms. The van der Waals surface area contributed by atoms with Crippen LogP contribution < -0.4 is 10.6 Å². The number of ether oxygens (including phenoxy) is 1. The minimum Gasteiger partial charge on any atom is -0.465 e. The highest BCUT2D eigenvalue weighted by Crippen LogP contribution is 2.17. The summed E-state index contributed by atoms with van der Waals surface area (Å²) >= 11 is 0. The molecule has 0 heterocycles. The van der Waals surface area contributed by atoms with E-state index in [9.17, 15) is 22.8 Å². The molecule has 0 aromatic heterocycles. The zero-order valence-electron chi connectivity index (χ0n) is 14.4. The summed E-state index contributed by atoms with van der Waals surface area (Å²) in [7, 11) is -3.85. The first-order chi connectivity index (χ1) is 11.6. The van der Waals surface area contributed by atoms with Crippen LogP contribution in [0.4, 0.5) is 0 Å². The lowest BCUT2D eigenvalue weighted by Crippen LogP contribution is -2.60. The van der Waals surface area contributed by atoms with Crippen molar-refractivity contribution in [3.63, 3.8) is 0 Å². The predicted octanol–water partition coefficient (Wildman–Crippen LogP) is 0.0344. The zero-order chi connectivity index (χ0) is 19.1. The van der Waals surface area contributed by atoms with E-state index in [2.05, 4.69) is 10.6 Å². The van der Waals surface area contributed by atoms with E-state index in [0.717, 1.165) is 0 Å². The van der Waals surface area contributed by atoms with Crippen molar-refractivity contribution in [3.05, 3.63) is 30.3 Å². The number of rotatable bonds is 8. The summed E-state index contributed by atoms with van der Waals surface area (Å²) in [6.07, 6.45) is 0. The summed E-state index contributed by atoms with van der Waals surface area (Å²) in [5.74, 6) is -2.68. The zero-order valence-corrected chi connectivity index (χ0v) is 15.2. The second kappa shape index (κ2) is 8.61. The molecule has 0 spiro atoms. The molecule has 0 aliphatic carbocycles. The molecule has 0 aliphatic heterocycles. The lowest BCUT2D eigenvalue weighted by molar-refractivity contribution is -0.144. The van der Waals surface area contributed by atoms with E-state index in [1.807, 2.05) is 0 Å². The third kappa shape index (κ3) is 6.18. The highest BCUT2D eigenvalue weighted by Gasteiger charge is 2.39. The average Bonchev–Trinajstić information content (AvgIpc) is 2.52. The summed E-state index contributed by atoms with van der Waals surface area (Å²) < 4.78 is 29.8. The molecule has 2 amide bonds. The lowest BCUT2D eigenvalue weighted by Gasteiger charge is -2.28. The molecule has 1 atom stereocenters. The van der Waals surface area contributed by atoms with Gasteiger partial charge in [0.1, 0.15) is 12.1 Å². The lowest BCUT2D eigenvalue weighted by atomic mass is 10.0. The summed E-state index contributed by atoms with van der Waals surface area (Å²) in [6, 6.07) is 7.59. The Labute approximate surface area is 146 Å². The number of hydrogen-bond donors (Lipinski definition) is 2. The molecule has 1 aromatic carbocycles. The van der Waals surface area contributed by atoms with Crippen molar-refractivity contribution < 1.29 is 27.5 Å². The van der Waals surface area contributed by atoms with Gasteiger partial charge in [0.15, 0.2) is 9.84 Å². The van der Waals surface area contributed by atoms with Gasteiger partial charge in [-0.1, -0.05) is 18.2 Å². The number of hydrogen-bond acceptors (Lipinski definition) is 6. The second-order valence-electron chi connectivity index (χ2n) is 5.57. The SMILES string of the molecule is CCOC(=O)CNC(=O)C(C)(CS(=O)(=O)c1ccccc1)NC(C)=O. The predicted molar refractivity (Wildman–Crippen MR) is 90.4 cm³/mol. The Morgan fingerprint density at radius 2 is 1.76 bits per heavy atom. The molecule has 0 saturated carbocycles. The van der Waals surface area contributed by atoms with E-state index >= 15 is 0 Å². The van der Waals surface area contributed by atoms with Gasteiger partial charge >= 0.3 is 5.97 Å². The fourth-order valence-electron chi connectivity index (χ4n) is 2.20. The number of amides is 2. The Balaban J connectivity index is 3.00. The van der Waals surface area contributed by atoms with Crippen molar-refractivity contribution in [2.45, 2.75) is 31.2 Å². The Hall–Kier alpha value is -2.42. The van der Waals surface area contributed by atoms with Crippen LogP contribution in [0.2, 0.25) is 0 Å². The van der Waals surface area contributed by atoms with E-state index < -0.39 is 45.5 Å². The number of sulfone groups is 1. The van der Waals surface area contributed by atoms with Crippen LogP contribution in [-0.2, 0) is 29.0 Å². The molecular formula is C16H22N2O6S. The van der Waals surface area contributed by atoms with Crippen LogP contribution in [0.5, 0.6) is 0 Å². The smallest absolute Gasteiger partial charge is 0.325 e. The van der Waals surface area contributed by atoms with Crippen molar-refractivity contribution in [1.29, 1.82) is 0 Å². The van der Waals surface area contributed by atoms with Gasteiger partial charge in [-0.05, 0) is 26.0 Å². The standard InChI is InChI=1S/C16H22N2O6S/c1-4-24-14(20)10-17-15(21)16(3,18-12(2)19)11-25(22,23)13-8-6-5-7-9-13/h5-9H,4,10-11H2,1-3H3,(H,17,21)(H,18,19). The monoisotopic (exact) mass is 370 g/mol. The molecule has 0 saturated heterocycles. The van der Waals surface area contributed by atoms with Crippen LogP contribution in [0, 0.1) is 0 Å². The van der Waals surface area contributed by atoms with Crippen LogP contribution >= 0.6 is 0 Å². The number of esters is 1. The maximum absolute atomic E-state index is 12.6. The molecule has 0 bridgehead atoms. The molecule has 2 N–H and O–H groups in total. The topological polar surface area (TPSA) is 119 Å². The summed E-state index contributed by atoms with van der Waals surface area (Å²) in [6.45, 7) is 3.81. The van der Waals surface area contributed by atoms with Crippen LogP contribution in [0.25, 0.3) is 0 Å². The van der Waals surface area contributed by atoms with Gasteiger partial charge in [0.05, 0.1) is 17.3 Å². The summed E-state index contributed by atoms with van der Waals surface area (Å²) in [4.78, 5) is 35.3. The Morgan fingerprint density at radius 1 is 1.16 bits per heavy atom. The fraction of sp³-hybridized carbons (Fsp3) is 0.438. The van der Waals surface area contributed by atoms with Gasteiger partial charge in [0.25, 0.3) is 0 Å². The van der Waals surface area contributed by atoms with Crippen molar-refractivity contribution in [2.75, 3.05) is 18.9 Å². The second-order valence-corrected chi connectivity index (χ2v) is 7.56. The normalized spacial score (nSPS) is 13.4. The minimum absolute atomic E-state index is 0.0322. The van der Waals surface area contributed by atoms with Crippen LogP contribution in [0.1, 0.15) is 20.8 Å². The van der Waals surface area contributed by atoms with Gasteiger partial charge in [-0.2, -0.15) is 0 Å². The molecule has 0 radical (unpaired) electrons. The molecule has 1 unspecified atom stereocenters. The van der Waals surface area contributed by atoms with Crippen molar-refractivity contribution in [3.8, 4) is 0 Å². The molecular weight excluding hydrogens is 348 g/mol. The van der Waals surface area contributed by atoms with Gasteiger partial charge in [0, 0.05) is 6.92 Å². The van der Waals surface area contributed by atoms with Gasteiger partial charge in [-0.25, -0.2) is 8.42 Å². The maximum atomic E-state index is 12.6. The number of carbonyl (C=O) groups is 3. The van der Waals surface area contributed by atoms with Gasteiger partial charge < -0.3 is 15.4 Å². The van der Waals surface area contributed by atoms with Gasteiger partial charge in [0.2, 0.25) is 11.8 Å². The Kier molecular flexibility index (Phi) is 7.10. The highest BCUT2D eigenvalue weighted by atomic mass is 32.2. The summed E-state index contributed by atoms with van der Waals surface area (Å²) in [5, 5.41) is 4.65. The van der Waals surface area contributed by atoms with Crippen molar-refractivity contribution in [1.82, 2.24) is 10.6 Å². The molecule has 0 aliphatic rings. The van der Waals surface area contributed by atoms with Crippen LogP contribution in [-0.4, -0.2) is 50.6 Å². The first-order valence-electron chi connectivity index (χ1n) is 7.61. The quantitative estimate of drug-likeness (QED) is 0.624. The average molecular weight is 370 g/mol. The third-order valence-electron chi connectivity index (χ3n) is 3.23. The van der Waals surface area contributed by atoms with Gasteiger partial charge in [-0.15, -0.1) is 0 Å². The van der Waals surface area contributed by atoms with Crippen LogP contribution in [0.15, 0.2) is 35.2 Å². The number of benzene rings is 1. The number of nitrogens with one attached hydrogen (secondary N) is 2. The number of carbonyl (C=O) groups excluding carboxylic acids is 3. The third-order valence-corrected chi connectivity index (χ3v) is 5.18. The minimum atomic E-state index is -3.85. The van der Waals surface area contributed by atoms with E-state index in [-0.39, 0.29) is 11.5 Å². The Morgan fingerprint density at radius 3 is 2.28 bits per heavy atom. The van der Waals surface area contributed by atoms with E-state index in [0.29, 0.717) is 0 Å². The molecule has 9 heteroatoms. The fourth-order valence-corrected chi connectivity index (χ4v) is 3.90.